The van der Waals surface area contributed by atoms with E-state index in [4.69, 9.17) is 33.4 Å². The summed E-state index contributed by atoms with van der Waals surface area (Å²) in [6.45, 7) is 1.31. The van der Waals surface area contributed by atoms with Crippen molar-refractivity contribution < 1.29 is 23.4 Å². The molecule has 5 nitrogen and oxygen atoms in total. The summed E-state index contributed by atoms with van der Waals surface area (Å²) in [6, 6.07) is 2.26. The number of aliphatic hydroxyl groups excluding tert-OH is 1. The van der Waals surface area contributed by atoms with Crippen molar-refractivity contribution in [2.45, 2.75) is 17.9 Å². The minimum absolute atomic E-state index is 0.150. The van der Waals surface area contributed by atoms with Crippen molar-refractivity contribution in [1.82, 2.24) is 0 Å². The highest BCUT2D eigenvalue weighted by Crippen LogP contribution is 2.31. The molecule has 0 aliphatic heterocycles. The fraction of sp³-hybridized carbons (Fsp3) is 0.300. The Morgan fingerprint density at radius 1 is 1.39 bits per heavy atom. The highest BCUT2D eigenvalue weighted by atomic mass is 35.5. The van der Waals surface area contributed by atoms with E-state index >= 15 is 0 Å². The Hall–Kier alpha value is -0.820. The van der Waals surface area contributed by atoms with Crippen LogP contribution < -0.4 is 0 Å². The van der Waals surface area contributed by atoms with E-state index < -0.39 is 38.2 Å². The van der Waals surface area contributed by atoms with Gasteiger partial charge in [-0.2, -0.15) is 0 Å². The Morgan fingerprint density at radius 2 is 1.94 bits per heavy atom. The molecule has 100 valence electrons. The number of rotatable bonds is 4. The van der Waals surface area contributed by atoms with Crippen LogP contribution in [0.5, 0.6) is 0 Å². The van der Waals surface area contributed by atoms with Crippen LogP contribution in [-0.4, -0.2) is 36.5 Å². The topological polar surface area (TPSA) is 91.7 Å². The molecular formula is C10H10Cl2O5S. The molecule has 18 heavy (non-hydrogen) atoms. The maximum atomic E-state index is 11.9. The summed E-state index contributed by atoms with van der Waals surface area (Å²) in [5.41, 5.74) is -0.468. The highest BCUT2D eigenvalue weighted by Gasteiger charge is 2.25. The predicted octanol–water partition coefficient (Wildman–Crippen LogP) is 1.85. The van der Waals surface area contributed by atoms with Gasteiger partial charge in [0.15, 0.2) is 9.84 Å². The Labute approximate surface area is 114 Å². The molecule has 0 saturated carbocycles. The number of carboxylic acids is 1. The number of carbonyl (C=O) groups is 1. The maximum Gasteiger partial charge on any atom is 0.338 e. The van der Waals surface area contributed by atoms with E-state index in [1.807, 2.05) is 0 Å². The number of sulfone groups is 1. The second-order valence-corrected chi connectivity index (χ2v) is 6.46. The Bertz CT molecular complexity index is 580. The van der Waals surface area contributed by atoms with Crippen LogP contribution >= 0.6 is 23.2 Å². The van der Waals surface area contributed by atoms with Gasteiger partial charge in [-0.15, -0.1) is 0 Å². The summed E-state index contributed by atoms with van der Waals surface area (Å²) in [4.78, 5) is 10.6. The monoisotopic (exact) mass is 312 g/mol. The zero-order valence-corrected chi connectivity index (χ0v) is 11.6. The molecule has 1 aromatic rings. The maximum absolute atomic E-state index is 11.9. The third kappa shape index (κ3) is 3.14. The van der Waals surface area contributed by atoms with Gasteiger partial charge in [-0.1, -0.05) is 23.2 Å². The molecule has 0 fully saturated rings. The predicted molar refractivity (Wildman–Crippen MR) is 67.2 cm³/mol. The van der Waals surface area contributed by atoms with Crippen molar-refractivity contribution in [2.75, 3.05) is 5.75 Å². The lowest BCUT2D eigenvalue weighted by Crippen LogP contribution is -2.18. The molecule has 2 N–H and O–H groups in total. The molecule has 0 heterocycles. The average Bonchev–Trinajstić information content (AvgIpc) is 2.13. The van der Waals surface area contributed by atoms with E-state index in [0.29, 0.717) is 0 Å². The van der Waals surface area contributed by atoms with Gasteiger partial charge in [-0.05, 0) is 19.1 Å². The third-order valence-corrected chi connectivity index (χ3v) is 4.82. The van der Waals surface area contributed by atoms with E-state index in [1.54, 1.807) is 0 Å². The van der Waals surface area contributed by atoms with E-state index in [1.165, 1.54) is 6.92 Å². The Kier molecular flexibility index (Phi) is 4.61. The SMILES string of the molecule is CC(O)CS(=O)(=O)c1ccc(Cl)c(C(=O)O)c1Cl. The molecule has 1 rings (SSSR count). The molecule has 0 bridgehead atoms. The van der Waals surface area contributed by atoms with Gasteiger partial charge in [0.05, 0.1) is 32.4 Å². The van der Waals surface area contributed by atoms with E-state index in [2.05, 4.69) is 0 Å². The molecule has 0 amide bonds. The van der Waals surface area contributed by atoms with Crippen LogP contribution in [-0.2, 0) is 9.84 Å². The van der Waals surface area contributed by atoms with Gasteiger partial charge in [0.25, 0.3) is 0 Å². The third-order valence-electron chi connectivity index (χ3n) is 2.07. The molecule has 8 heteroatoms. The van der Waals surface area contributed by atoms with E-state index in [-0.39, 0.29) is 9.92 Å². The zero-order valence-electron chi connectivity index (χ0n) is 9.22. The molecular weight excluding hydrogens is 303 g/mol. The van der Waals surface area contributed by atoms with Gasteiger partial charge in [-0.25, -0.2) is 13.2 Å². The molecule has 1 aromatic carbocycles. The smallest absolute Gasteiger partial charge is 0.338 e. The fourth-order valence-corrected chi connectivity index (χ4v) is 3.73. The quantitative estimate of drug-likeness (QED) is 0.885. The van der Waals surface area contributed by atoms with Gasteiger partial charge in [0.1, 0.15) is 0 Å². The number of hydrogen-bond donors (Lipinski definition) is 2. The second kappa shape index (κ2) is 5.44. The first-order valence-electron chi connectivity index (χ1n) is 4.79. The van der Waals surface area contributed by atoms with Crippen LogP contribution in [0.1, 0.15) is 17.3 Å². The molecule has 0 aliphatic carbocycles. The van der Waals surface area contributed by atoms with Crippen LogP contribution in [0.25, 0.3) is 0 Å². The first kappa shape index (κ1) is 15.2. The van der Waals surface area contributed by atoms with Crippen molar-refractivity contribution in [3.63, 3.8) is 0 Å². The minimum Gasteiger partial charge on any atom is -0.478 e. The highest BCUT2D eigenvalue weighted by molar-refractivity contribution is 7.91. The number of aromatic carboxylic acids is 1. The summed E-state index contributed by atoms with van der Waals surface area (Å²) in [7, 11) is -3.87. The van der Waals surface area contributed by atoms with Crippen LogP contribution in [0.15, 0.2) is 17.0 Å². The summed E-state index contributed by atoms with van der Waals surface area (Å²) in [5.74, 6) is -1.97. The van der Waals surface area contributed by atoms with Crippen molar-refractivity contribution in [1.29, 1.82) is 0 Å². The number of benzene rings is 1. The van der Waals surface area contributed by atoms with Gasteiger partial charge in [0.2, 0.25) is 0 Å². The van der Waals surface area contributed by atoms with Crippen molar-refractivity contribution >= 4 is 39.0 Å². The standard InChI is InChI=1S/C10H10Cl2O5S/c1-5(13)4-18(16,17)7-3-2-6(11)8(9(7)12)10(14)15/h2-3,5,13H,4H2,1H3,(H,14,15). The van der Waals surface area contributed by atoms with Gasteiger partial charge in [0, 0.05) is 0 Å². The lowest BCUT2D eigenvalue weighted by molar-refractivity contribution is 0.0697. The molecule has 0 aromatic heterocycles. The number of aliphatic hydroxyl groups is 1. The Balaban J connectivity index is 3.45. The lowest BCUT2D eigenvalue weighted by atomic mass is 10.2. The normalized spacial score (nSPS) is 13.3. The van der Waals surface area contributed by atoms with Crippen molar-refractivity contribution in [3.05, 3.63) is 27.7 Å². The number of halogens is 2. The van der Waals surface area contributed by atoms with Crippen LogP contribution in [0, 0.1) is 0 Å². The van der Waals surface area contributed by atoms with Gasteiger partial charge >= 0.3 is 5.97 Å². The largest absolute Gasteiger partial charge is 0.478 e. The molecule has 1 unspecified atom stereocenters. The molecule has 0 aliphatic rings. The van der Waals surface area contributed by atoms with Crippen LogP contribution in [0.2, 0.25) is 10.0 Å². The molecule has 1 atom stereocenters. The van der Waals surface area contributed by atoms with E-state index in [9.17, 15) is 13.2 Å². The van der Waals surface area contributed by atoms with Crippen molar-refractivity contribution in [2.24, 2.45) is 0 Å². The van der Waals surface area contributed by atoms with Crippen LogP contribution in [0.4, 0.5) is 0 Å². The summed E-state index contributed by atoms with van der Waals surface area (Å²) in [6.07, 6.45) is -1.09. The first-order valence-corrected chi connectivity index (χ1v) is 7.19. The van der Waals surface area contributed by atoms with Crippen LogP contribution in [0.3, 0.4) is 0 Å². The van der Waals surface area contributed by atoms with Crippen molar-refractivity contribution in [3.8, 4) is 0 Å². The summed E-state index contributed by atoms with van der Waals surface area (Å²) in [5, 5.41) is 17.4. The summed E-state index contributed by atoms with van der Waals surface area (Å²) >= 11 is 11.4. The average molecular weight is 313 g/mol. The fourth-order valence-electron chi connectivity index (χ4n) is 1.38. The lowest BCUT2D eigenvalue weighted by Gasteiger charge is -2.10. The first-order chi connectivity index (χ1) is 8.16. The van der Waals surface area contributed by atoms with Gasteiger partial charge < -0.3 is 10.2 Å². The van der Waals surface area contributed by atoms with Gasteiger partial charge in [-0.3, -0.25) is 0 Å². The number of hydrogen-bond acceptors (Lipinski definition) is 4. The molecule has 0 saturated heterocycles. The Morgan fingerprint density at radius 3 is 2.39 bits per heavy atom. The van der Waals surface area contributed by atoms with E-state index in [0.717, 1.165) is 12.1 Å². The summed E-state index contributed by atoms with van der Waals surface area (Å²) < 4.78 is 23.7. The molecule has 0 radical (unpaired) electrons. The minimum atomic E-state index is -3.87. The zero-order chi connectivity index (χ0) is 14.1. The number of carboxylic acid groups (broad SMARTS) is 1. The molecule has 0 spiro atoms. The second-order valence-electron chi connectivity index (χ2n) is 3.67.